The number of nitriles is 1. The van der Waals surface area contributed by atoms with Crippen LogP contribution in [0, 0.1) is 16.7 Å². The van der Waals surface area contributed by atoms with Crippen LogP contribution in [-0.2, 0) is 16.3 Å². The third kappa shape index (κ3) is 2.15. The largest absolute Gasteiger partial charge is 0.395 e. The van der Waals surface area contributed by atoms with Gasteiger partial charge in [0, 0.05) is 12.2 Å². The van der Waals surface area contributed by atoms with Crippen molar-refractivity contribution in [2.24, 2.45) is 5.41 Å². The standard InChI is InChI=1S/C14H17NO3S/c1-3-10-4-6-11(7-5-10)12-13(19(2,17)18)14(12,8-15)9-16/h4-7,12-13,16H,3,9H2,1-2H3/t12-,13+,14-/m1/s1. The highest BCUT2D eigenvalue weighted by atomic mass is 32.2. The monoisotopic (exact) mass is 279 g/mol. The van der Waals surface area contributed by atoms with Crippen LogP contribution in [0.4, 0.5) is 0 Å². The molecule has 102 valence electrons. The van der Waals surface area contributed by atoms with Crippen LogP contribution in [0.1, 0.15) is 24.0 Å². The van der Waals surface area contributed by atoms with E-state index in [9.17, 15) is 18.8 Å². The zero-order valence-electron chi connectivity index (χ0n) is 11.0. The first-order chi connectivity index (χ1) is 8.90. The lowest BCUT2D eigenvalue weighted by molar-refractivity contribution is 0.242. The van der Waals surface area contributed by atoms with Gasteiger partial charge in [-0.3, -0.25) is 0 Å². The number of rotatable bonds is 4. The molecule has 0 heterocycles. The number of aryl methyl sites for hydroxylation is 1. The Balaban J connectivity index is 2.41. The highest BCUT2D eigenvalue weighted by Gasteiger charge is 2.70. The molecule has 1 aromatic carbocycles. The van der Waals surface area contributed by atoms with E-state index in [1.54, 1.807) is 0 Å². The molecule has 4 nitrogen and oxygen atoms in total. The summed E-state index contributed by atoms with van der Waals surface area (Å²) in [5, 5.41) is 17.9. The molecule has 1 aliphatic rings. The first-order valence-corrected chi connectivity index (χ1v) is 8.16. The van der Waals surface area contributed by atoms with E-state index in [0.717, 1.165) is 23.8 Å². The minimum absolute atomic E-state index is 0.427. The Morgan fingerprint density at radius 3 is 2.26 bits per heavy atom. The minimum Gasteiger partial charge on any atom is -0.395 e. The van der Waals surface area contributed by atoms with Crippen molar-refractivity contribution < 1.29 is 13.5 Å². The van der Waals surface area contributed by atoms with E-state index in [4.69, 9.17) is 0 Å². The zero-order chi connectivity index (χ0) is 14.3. The second-order valence-corrected chi connectivity index (χ2v) is 7.30. The average molecular weight is 279 g/mol. The lowest BCUT2D eigenvalue weighted by Crippen LogP contribution is -2.16. The molecular weight excluding hydrogens is 262 g/mol. The fraction of sp³-hybridized carbons (Fsp3) is 0.500. The molecule has 5 heteroatoms. The van der Waals surface area contributed by atoms with Crippen LogP contribution in [0.3, 0.4) is 0 Å². The summed E-state index contributed by atoms with van der Waals surface area (Å²) in [4.78, 5) is 0. The maximum Gasteiger partial charge on any atom is 0.152 e. The average Bonchev–Trinajstić information content (AvgIpc) is 3.09. The molecule has 0 aliphatic heterocycles. The van der Waals surface area contributed by atoms with Crippen molar-refractivity contribution in [1.29, 1.82) is 5.26 Å². The van der Waals surface area contributed by atoms with Crippen molar-refractivity contribution in [3.63, 3.8) is 0 Å². The van der Waals surface area contributed by atoms with Gasteiger partial charge in [-0.1, -0.05) is 31.2 Å². The lowest BCUT2D eigenvalue weighted by atomic mass is 10.00. The molecule has 0 radical (unpaired) electrons. The SMILES string of the molecule is CCc1ccc([C@@H]2[C@H](S(C)(=O)=O)[C@]2(C#N)CO)cc1. The van der Waals surface area contributed by atoms with E-state index >= 15 is 0 Å². The summed E-state index contributed by atoms with van der Waals surface area (Å²) in [6.45, 7) is 1.61. The van der Waals surface area contributed by atoms with Gasteiger partial charge >= 0.3 is 0 Å². The van der Waals surface area contributed by atoms with Crippen LogP contribution in [-0.4, -0.2) is 31.6 Å². The summed E-state index contributed by atoms with van der Waals surface area (Å²) in [7, 11) is -3.36. The van der Waals surface area contributed by atoms with Gasteiger partial charge in [-0.05, 0) is 17.5 Å². The number of hydrogen-bond acceptors (Lipinski definition) is 4. The summed E-state index contributed by atoms with van der Waals surface area (Å²) in [6.07, 6.45) is 2.03. The Bertz CT molecular complexity index is 615. The van der Waals surface area contributed by atoms with Gasteiger partial charge in [-0.25, -0.2) is 8.42 Å². The molecule has 0 aromatic heterocycles. The van der Waals surface area contributed by atoms with Gasteiger partial charge in [0.05, 0.1) is 17.9 Å². The minimum atomic E-state index is -3.36. The van der Waals surface area contributed by atoms with Crippen molar-refractivity contribution in [3.8, 4) is 6.07 Å². The number of benzene rings is 1. The first-order valence-electron chi connectivity index (χ1n) is 6.20. The highest BCUT2D eigenvalue weighted by molar-refractivity contribution is 7.91. The van der Waals surface area contributed by atoms with Crippen molar-refractivity contribution >= 4 is 9.84 Å². The topological polar surface area (TPSA) is 78.2 Å². The summed E-state index contributed by atoms with van der Waals surface area (Å²) in [5.74, 6) is -0.427. The molecule has 1 N–H and O–H groups in total. The van der Waals surface area contributed by atoms with E-state index in [1.165, 1.54) is 0 Å². The fourth-order valence-corrected chi connectivity index (χ4v) is 4.68. The zero-order valence-corrected chi connectivity index (χ0v) is 11.8. The van der Waals surface area contributed by atoms with Crippen LogP contribution in [0.2, 0.25) is 0 Å². The molecule has 0 saturated heterocycles. The molecule has 19 heavy (non-hydrogen) atoms. The first kappa shape index (κ1) is 14.0. The predicted molar refractivity (Wildman–Crippen MR) is 72.3 cm³/mol. The Morgan fingerprint density at radius 2 is 1.95 bits per heavy atom. The van der Waals surface area contributed by atoms with Gasteiger partial charge in [0.1, 0.15) is 5.41 Å². The second-order valence-electron chi connectivity index (χ2n) is 5.13. The third-order valence-electron chi connectivity index (χ3n) is 3.93. The summed E-state index contributed by atoms with van der Waals surface area (Å²) in [5.41, 5.74) is 0.788. The molecule has 3 atom stereocenters. The fourth-order valence-electron chi connectivity index (χ4n) is 2.82. The Kier molecular flexibility index (Phi) is 3.41. The van der Waals surface area contributed by atoms with E-state index in [2.05, 4.69) is 0 Å². The molecule has 1 saturated carbocycles. The van der Waals surface area contributed by atoms with Crippen LogP contribution in [0.25, 0.3) is 0 Å². The van der Waals surface area contributed by atoms with Crippen molar-refractivity contribution in [1.82, 2.24) is 0 Å². The number of sulfone groups is 1. The molecule has 1 aromatic rings. The summed E-state index contributed by atoms with van der Waals surface area (Å²) in [6, 6.07) is 9.60. The van der Waals surface area contributed by atoms with Crippen LogP contribution in [0.15, 0.2) is 24.3 Å². The van der Waals surface area contributed by atoms with Crippen LogP contribution >= 0.6 is 0 Å². The van der Waals surface area contributed by atoms with E-state index in [1.807, 2.05) is 37.3 Å². The van der Waals surface area contributed by atoms with Gasteiger partial charge in [0.15, 0.2) is 9.84 Å². The third-order valence-corrected chi connectivity index (χ3v) is 5.55. The van der Waals surface area contributed by atoms with Crippen molar-refractivity contribution in [3.05, 3.63) is 35.4 Å². The Hall–Kier alpha value is -1.38. The highest BCUT2D eigenvalue weighted by Crippen LogP contribution is 2.62. The van der Waals surface area contributed by atoms with Crippen molar-refractivity contribution in [2.75, 3.05) is 12.9 Å². The summed E-state index contributed by atoms with van der Waals surface area (Å²) < 4.78 is 23.5. The van der Waals surface area contributed by atoms with E-state index < -0.39 is 33.0 Å². The van der Waals surface area contributed by atoms with Gasteiger partial charge in [0.25, 0.3) is 0 Å². The number of aliphatic hydroxyl groups excluding tert-OH is 1. The lowest BCUT2D eigenvalue weighted by Gasteiger charge is -2.04. The molecule has 0 spiro atoms. The second kappa shape index (κ2) is 4.62. The number of nitrogens with zero attached hydrogens (tertiary/aromatic N) is 1. The molecule has 1 fully saturated rings. The molecule has 1 aliphatic carbocycles. The van der Waals surface area contributed by atoms with Gasteiger partial charge in [-0.2, -0.15) is 5.26 Å². The predicted octanol–water partition coefficient (Wildman–Crippen LogP) is 1.26. The number of hydrogen-bond donors (Lipinski definition) is 1. The Morgan fingerprint density at radius 1 is 1.37 bits per heavy atom. The molecule has 0 unspecified atom stereocenters. The van der Waals surface area contributed by atoms with Crippen LogP contribution in [0.5, 0.6) is 0 Å². The van der Waals surface area contributed by atoms with E-state index in [-0.39, 0.29) is 0 Å². The normalized spacial score (nSPS) is 29.8. The molecule has 0 amide bonds. The Labute approximate surface area is 113 Å². The molecule has 2 rings (SSSR count). The van der Waals surface area contributed by atoms with Gasteiger partial charge < -0.3 is 5.11 Å². The van der Waals surface area contributed by atoms with E-state index in [0.29, 0.717) is 0 Å². The van der Waals surface area contributed by atoms with Gasteiger partial charge in [0.2, 0.25) is 0 Å². The smallest absolute Gasteiger partial charge is 0.152 e. The van der Waals surface area contributed by atoms with Crippen molar-refractivity contribution in [2.45, 2.75) is 24.5 Å². The molecular formula is C14H17NO3S. The molecule has 0 bridgehead atoms. The number of aliphatic hydroxyl groups is 1. The maximum atomic E-state index is 11.8. The van der Waals surface area contributed by atoms with Gasteiger partial charge in [-0.15, -0.1) is 0 Å². The van der Waals surface area contributed by atoms with Crippen LogP contribution < -0.4 is 0 Å². The quantitative estimate of drug-likeness (QED) is 0.900. The summed E-state index contributed by atoms with van der Waals surface area (Å²) >= 11 is 0. The maximum absolute atomic E-state index is 11.8.